The minimum Gasteiger partial charge on any atom is -0.478 e. The first-order valence-electron chi connectivity index (χ1n) is 13.5. The molecule has 0 aromatic heterocycles. The number of rotatable bonds is 13. The van der Waals surface area contributed by atoms with Gasteiger partial charge >= 0.3 is 5.97 Å². The summed E-state index contributed by atoms with van der Waals surface area (Å²) in [5.41, 5.74) is 5.50. The van der Waals surface area contributed by atoms with Crippen LogP contribution >= 0.6 is 0 Å². The average molecular weight is 518 g/mol. The average Bonchev–Trinajstić information content (AvgIpc) is 2.98. The third-order valence-corrected chi connectivity index (χ3v) is 6.99. The van der Waals surface area contributed by atoms with Crippen molar-refractivity contribution < 1.29 is 14.7 Å². The number of benzene rings is 4. The highest BCUT2D eigenvalue weighted by atomic mass is 16.4. The number of hydrogen-bond donors (Lipinski definition) is 1. The maximum Gasteiger partial charge on any atom is 0.327 e. The van der Waals surface area contributed by atoms with Gasteiger partial charge in [0.25, 0.3) is 5.91 Å². The summed E-state index contributed by atoms with van der Waals surface area (Å²) in [6, 6.07) is 38.6. The van der Waals surface area contributed by atoms with Crippen LogP contribution in [-0.2, 0) is 17.6 Å². The van der Waals surface area contributed by atoms with Crippen molar-refractivity contribution in [3.8, 4) is 0 Å². The Morgan fingerprint density at radius 2 is 1.23 bits per heavy atom. The smallest absolute Gasteiger partial charge is 0.327 e. The number of carboxylic acids is 1. The highest BCUT2D eigenvalue weighted by molar-refractivity contribution is 5.94. The van der Waals surface area contributed by atoms with E-state index in [1.54, 1.807) is 6.08 Å². The summed E-state index contributed by atoms with van der Waals surface area (Å²) in [4.78, 5) is 26.5. The molecule has 4 rings (SSSR count). The minimum atomic E-state index is -0.938. The Hall–Kier alpha value is -4.44. The van der Waals surface area contributed by atoms with Gasteiger partial charge in [-0.1, -0.05) is 109 Å². The second-order valence-electron chi connectivity index (χ2n) is 9.64. The number of aryl methyl sites for hydroxylation is 1. The van der Waals surface area contributed by atoms with Gasteiger partial charge in [-0.05, 0) is 60.1 Å². The third-order valence-electron chi connectivity index (χ3n) is 6.99. The van der Waals surface area contributed by atoms with Crippen LogP contribution in [0.15, 0.2) is 127 Å². The van der Waals surface area contributed by atoms with Gasteiger partial charge in [-0.15, -0.1) is 0 Å². The quantitative estimate of drug-likeness (QED) is 0.191. The van der Waals surface area contributed by atoms with Gasteiger partial charge in [0.2, 0.25) is 0 Å². The predicted octanol–water partition coefficient (Wildman–Crippen LogP) is 7.17. The van der Waals surface area contributed by atoms with Crippen LogP contribution in [0.25, 0.3) is 0 Å². The first kappa shape index (κ1) is 27.6. The number of aliphatic carboxylic acids is 1. The van der Waals surface area contributed by atoms with Gasteiger partial charge in [0.05, 0.1) is 0 Å². The lowest BCUT2D eigenvalue weighted by atomic mass is 9.88. The van der Waals surface area contributed by atoms with Gasteiger partial charge in [-0.2, -0.15) is 0 Å². The van der Waals surface area contributed by atoms with Crippen molar-refractivity contribution >= 4 is 11.9 Å². The van der Waals surface area contributed by atoms with Crippen molar-refractivity contribution in [2.24, 2.45) is 0 Å². The summed E-state index contributed by atoms with van der Waals surface area (Å²) in [6.45, 7) is 1.29. The van der Waals surface area contributed by atoms with Gasteiger partial charge in [-0.3, -0.25) is 4.79 Å². The molecule has 0 bridgehead atoms. The second-order valence-corrected chi connectivity index (χ2v) is 9.64. The fraction of sp³-hybridized carbons (Fsp3) is 0.200. The van der Waals surface area contributed by atoms with E-state index in [1.807, 2.05) is 65.6 Å². The van der Waals surface area contributed by atoms with Crippen molar-refractivity contribution in [2.45, 2.75) is 31.6 Å². The van der Waals surface area contributed by atoms with E-state index in [0.717, 1.165) is 24.8 Å². The van der Waals surface area contributed by atoms with Crippen molar-refractivity contribution in [1.29, 1.82) is 0 Å². The Morgan fingerprint density at radius 3 is 1.82 bits per heavy atom. The number of carbonyl (C=O) groups is 2. The normalized spacial score (nSPS) is 11.1. The minimum absolute atomic E-state index is 0.0492. The third kappa shape index (κ3) is 8.27. The SMILES string of the molecule is O=C(O)/C=C/Cc1ccccc1CCCN(CCC(c1ccccc1)c1ccccc1)C(=O)c1ccccc1. The Bertz CT molecular complexity index is 1310. The highest BCUT2D eigenvalue weighted by Gasteiger charge is 2.20. The lowest BCUT2D eigenvalue weighted by molar-refractivity contribution is -0.131. The molecule has 0 heterocycles. The summed E-state index contributed by atoms with van der Waals surface area (Å²) in [6.07, 6.45) is 5.90. The number of carbonyl (C=O) groups excluding carboxylic acids is 1. The van der Waals surface area contributed by atoms with Gasteiger partial charge in [0.1, 0.15) is 0 Å². The van der Waals surface area contributed by atoms with Crippen LogP contribution < -0.4 is 0 Å². The first-order chi connectivity index (χ1) is 19.1. The summed E-state index contributed by atoms with van der Waals surface area (Å²) in [7, 11) is 0. The first-order valence-corrected chi connectivity index (χ1v) is 13.5. The molecular weight excluding hydrogens is 482 g/mol. The standard InChI is InChI=1S/C35H35NO3/c37-34(38)24-12-22-28-14-10-11-15-29(28)23-13-26-36(35(39)32-20-8-3-9-21-32)27-25-33(30-16-4-1-5-17-30)31-18-6-2-7-19-31/h1-12,14-21,24,33H,13,22-23,25-27H2,(H,37,38)/b24-12+. The molecule has 0 fully saturated rings. The molecule has 0 aliphatic carbocycles. The van der Waals surface area contributed by atoms with E-state index >= 15 is 0 Å². The van der Waals surface area contributed by atoms with Gasteiger partial charge in [0.15, 0.2) is 0 Å². The number of hydrogen-bond acceptors (Lipinski definition) is 2. The van der Waals surface area contributed by atoms with Crippen molar-refractivity contribution in [1.82, 2.24) is 4.90 Å². The van der Waals surface area contributed by atoms with Crippen molar-refractivity contribution in [2.75, 3.05) is 13.1 Å². The van der Waals surface area contributed by atoms with Crippen LogP contribution in [0.5, 0.6) is 0 Å². The zero-order valence-electron chi connectivity index (χ0n) is 22.2. The summed E-state index contributed by atoms with van der Waals surface area (Å²) in [5.74, 6) is -0.694. The molecule has 4 nitrogen and oxygen atoms in total. The molecule has 1 N–H and O–H groups in total. The van der Waals surface area contributed by atoms with E-state index in [4.69, 9.17) is 5.11 Å². The largest absolute Gasteiger partial charge is 0.478 e. The van der Waals surface area contributed by atoms with E-state index in [2.05, 4.69) is 54.6 Å². The monoisotopic (exact) mass is 517 g/mol. The van der Waals surface area contributed by atoms with Crippen LogP contribution in [0.4, 0.5) is 0 Å². The molecule has 0 radical (unpaired) electrons. The Morgan fingerprint density at radius 1 is 0.692 bits per heavy atom. The molecule has 0 aliphatic rings. The van der Waals surface area contributed by atoms with Crippen LogP contribution in [0.2, 0.25) is 0 Å². The Balaban J connectivity index is 1.49. The van der Waals surface area contributed by atoms with Crippen molar-refractivity contribution in [3.63, 3.8) is 0 Å². The van der Waals surface area contributed by atoms with Crippen LogP contribution in [0, 0.1) is 0 Å². The predicted molar refractivity (Wildman–Crippen MR) is 157 cm³/mol. The fourth-order valence-corrected chi connectivity index (χ4v) is 5.01. The molecule has 1 amide bonds. The zero-order valence-corrected chi connectivity index (χ0v) is 22.2. The topological polar surface area (TPSA) is 57.6 Å². The maximum absolute atomic E-state index is 13.6. The van der Waals surface area contributed by atoms with Gasteiger partial charge < -0.3 is 10.0 Å². The maximum atomic E-state index is 13.6. The number of carboxylic acid groups (broad SMARTS) is 1. The molecule has 0 aliphatic heterocycles. The lowest BCUT2D eigenvalue weighted by Gasteiger charge is -2.26. The number of allylic oxidation sites excluding steroid dienone is 1. The van der Waals surface area contributed by atoms with E-state index < -0.39 is 5.97 Å². The van der Waals surface area contributed by atoms with Gasteiger partial charge in [0, 0.05) is 30.6 Å². The highest BCUT2D eigenvalue weighted by Crippen LogP contribution is 2.28. The zero-order chi connectivity index (χ0) is 27.3. The molecule has 39 heavy (non-hydrogen) atoms. The molecule has 4 aromatic carbocycles. The summed E-state index contributed by atoms with van der Waals surface area (Å²) < 4.78 is 0. The van der Waals surface area contributed by atoms with Gasteiger partial charge in [-0.25, -0.2) is 4.79 Å². The molecule has 4 aromatic rings. The van der Waals surface area contributed by atoms with E-state index in [0.29, 0.717) is 25.1 Å². The number of amides is 1. The van der Waals surface area contributed by atoms with E-state index in [9.17, 15) is 9.59 Å². The molecule has 0 atom stereocenters. The molecule has 0 saturated heterocycles. The molecule has 0 unspecified atom stereocenters. The molecule has 0 spiro atoms. The molecule has 4 heteroatoms. The van der Waals surface area contributed by atoms with Crippen LogP contribution in [-0.4, -0.2) is 35.0 Å². The number of nitrogens with zero attached hydrogens (tertiary/aromatic N) is 1. The second kappa shape index (κ2) is 14.5. The Kier molecular flexibility index (Phi) is 10.2. The molecular formula is C35H35NO3. The van der Waals surface area contributed by atoms with Crippen LogP contribution in [0.3, 0.4) is 0 Å². The lowest BCUT2D eigenvalue weighted by Crippen LogP contribution is -2.34. The van der Waals surface area contributed by atoms with Crippen molar-refractivity contribution in [3.05, 3.63) is 155 Å². The fourth-order valence-electron chi connectivity index (χ4n) is 5.01. The van der Waals surface area contributed by atoms with E-state index in [1.165, 1.54) is 22.8 Å². The summed E-state index contributed by atoms with van der Waals surface area (Å²) >= 11 is 0. The molecule has 0 saturated carbocycles. The summed E-state index contributed by atoms with van der Waals surface area (Å²) in [5, 5.41) is 8.92. The Labute approximate surface area is 231 Å². The van der Waals surface area contributed by atoms with E-state index in [-0.39, 0.29) is 11.8 Å². The molecule has 198 valence electrons. The van der Waals surface area contributed by atoms with Crippen LogP contribution in [0.1, 0.15) is 51.4 Å².